The third-order valence-electron chi connectivity index (χ3n) is 4.06. The number of furan rings is 1. The monoisotopic (exact) mass is 391 g/mol. The maximum atomic E-state index is 11.5. The molecule has 0 aliphatic carbocycles. The molecule has 0 saturated carbocycles. The Labute approximate surface area is 161 Å². The third kappa shape index (κ3) is 3.48. The molecule has 0 N–H and O–H groups in total. The summed E-state index contributed by atoms with van der Waals surface area (Å²) in [5, 5.41) is 0.730. The van der Waals surface area contributed by atoms with E-state index in [4.69, 9.17) is 9.40 Å². The molecule has 0 aromatic carbocycles. The van der Waals surface area contributed by atoms with E-state index in [1.165, 1.54) is 11.3 Å². The third-order valence-corrected chi connectivity index (χ3v) is 6.72. The van der Waals surface area contributed by atoms with Crippen molar-refractivity contribution in [3.63, 3.8) is 0 Å². The van der Waals surface area contributed by atoms with Crippen LogP contribution in [0.3, 0.4) is 0 Å². The van der Waals surface area contributed by atoms with Crippen LogP contribution in [0.4, 0.5) is 0 Å². The predicted molar refractivity (Wildman–Crippen MR) is 109 cm³/mol. The second kappa shape index (κ2) is 6.41. The van der Waals surface area contributed by atoms with E-state index in [0.29, 0.717) is 4.88 Å². The number of thiol groups is 1. The van der Waals surface area contributed by atoms with Crippen LogP contribution in [0.1, 0.15) is 52.5 Å². The summed E-state index contributed by atoms with van der Waals surface area (Å²) in [5.74, 6) is 1.89. The molecule has 0 bridgehead atoms. The highest BCUT2D eigenvalue weighted by Crippen LogP contribution is 2.42. The van der Waals surface area contributed by atoms with Crippen LogP contribution < -0.4 is 0 Å². The van der Waals surface area contributed by atoms with Gasteiger partial charge in [-0.15, -0.1) is 22.7 Å². The molecule has 3 rings (SSSR count). The number of aromatic nitrogens is 1. The van der Waals surface area contributed by atoms with Crippen molar-refractivity contribution in [1.29, 1.82) is 0 Å². The Balaban J connectivity index is 2.07. The Bertz CT molecular complexity index is 954. The summed E-state index contributed by atoms with van der Waals surface area (Å²) in [6, 6.07) is 4.02. The summed E-state index contributed by atoms with van der Waals surface area (Å²) >= 11 is 7.03. The number of carbonyl (C=O) groups excluding carboxylic acids is 1. The molecule has 0 aliphatic heterocycles. The van der Waals surface area contributed by atoms with E-state index < -0.39 is 0 Å². The molecule has 3 nitrogen and oxygen atoms in total. The molecule has 0 spiro atoms. The normalized spacial score (nSPS) is 12.0. The van der Waals surface area contributed by atoms with Gasteiger partial charge >= 0.3 is 0 Å². The fourth-order valence-electron chi connectivity index (χ4n) is 2.64. The number of nitrogens with zero attached hydrogens (tertiary/aromatic N) is 1. The maximum absolute atomic E-state index is 11.5. The SMILES string of the molecule is Cc1nc(-c2cc(C(=O)S)sc2C)sc1-c1cc(C(C)(C)C)oc1C. The Morgan fingerprint density at radius 2 is 1.80 bits per heavy atom. The van der Waals surface area contributed by atoms with Crippen molar-refractivity contribution in [2.75, 3.05) is 0 Å². The van der Waals surface area contributed by atoms with Crippen LogP contribution in [0.25, 0.3) is 21.0 Å². The van der Waals surface area contributed by atoms with Crippen LogP contribution in [0.15, 0.2) is 16.5 Å². The Hall–Kier alpha value is -1.37. The largest absolute Gasteiger partial charge is 0.465 e. The molecular weight excluding hydrogens is 370 g/mol. The summed E-state index contributed by atoms with van der Waals surface area (Å²) in [6.45, 7) is 12.5. The first-order valence-electron chi connectivity index (χ1n) is 8.00. The van der Waals surface area contributed by atoms with Crippen molar-refractivity contribution in [2.24, 2.45) is 0 Å². The second-order valence-corrected chi connectivity index (χ2v) is 9.81. The first kappa shape index (κ1) is 18.4. The van der Waals surface area contributed by atoms with Crippen molar-refractivity contribution in [3.8, 4) is 21.0 Å². The molecular formula is C19H21NO2S3. The molecule has 0 amide bonds. The standard InChI is InChI=1S/C19H21NO2S3/c1-9-16(12-8-15(19(4,5)6)22-10(12)2)25-17(20-9)13-7-14(18(21)23)24-11(13)3/h7-8H,1-6H3,(H,21,23). The van der Waals surface area contributed by atoms with Crippen LogP contribution in [-0.4, -0.2) is 10.1 Å². The van der Waals surface area contributed by atoms with Crippen LogP contribution in [0.2, 0.25) is 0 Å². The van der Waals surface area contributed by atoms with Gasteiger partial charge in [-0.25, -0.2) is 4.98 Å². The first-order valence-corrected chi connectivity index (χ1v) is 10.1. The van der Waals surface area contributed by atoms with E-state index in [2.05, 4.69) is 39.5 Å². The Kier molecular flexibility index (Phi) is 4.73. The number of thiazole rings is 1. The quantitative estimate of drug-likeness (QED) is 0.524. The molecule has 0 saturated heterocycles. The minimum absolute atomic E-state index is 0.0315. The van der Waals surface area contributed by atoms with Gasteiger partial charge in [0.25, 0.3) is 0 Å². The van der Waals surface area contributed by atoms with Crippen LogP contribution >= 0.6 is 35.3 Å². The van der Waals surface area contributed by atoms with E-state index in [1.54, 1.807) is 11.3 Å². The molecule has 0 atom stereocenters. The van der Waals surface area contributed by atoms with E-state index in [1.807, 2.05) is 26.8 Å². The zero-order chi connectivity index (χ0) is 18.5. The molecule has 0 unspecified atom stereocenters. The van der Waals surface area contributed by atoms with Crippen LogP contribution in [0.5, 0.6) is 0 Å². The summed E-state index contributed by atoms with van der Waals surface area (Å²) < 4.78 is 5.99. The molecule has 6 heteroatoms. The number of thiophene rings is 1. The average Bonchev–Trinajstić information content (AvgIpc) is 3.15. The molecule has 25 heavy (non-hydrogen) atoms. The van der Waals surface area contributed by atoms with Gasteiger partial charge in [0.2, 0.25) is 5.12 Å². The number of hydrogen-bond acceptors (Lipinski definition) is 5. The van der Waals surface area contributed by atoms with E-state index in [9.17, 15) is 4.79 Å². The number of carbonyl (C=O) groups is 1. The van der Waals surface area contributed by atoms with Gasteiger partial charge in [0.15, 0.2) is 0 Å². The molecule has 0 radical (unpaired) electrons. The lowest BCUT2D eigenvalue weighted by Gasteiger charge is -2.13. The van der Waals surface area contributed by atoms with Crippen LogP contribution in [0, 0.1) is 20.8 Å². The van der Waals surface area contributed by atoms with Crippen LogP contribution in [-0.2, 0) is 5.41 Å². The number of hydrogen-bond donors (Lipinski definition) is 1. The zero-order valence-electron chi connectivity index (χ0n) is 15.2. The molecule has 0 fully saturated rings. The van der Waals surface area contributed by atoms with Gasteiger partial charge in [-0.05, 0) is 32.9 Å². The van der Waals surface area contributed by atoms with Crippen molar-refractivity contribution in [1.82, 2.24) is 4.98 Å². The van der Waals surface area contributed by atoms with Gasteiger partial charge < -0.3 is 4.42 Å². The van der Waals surface area contributed by atoms with Gasteiger partial charge in [0, 0.05) is 21.4 Å². The molecule has 132 valence electrons. The van der Waals surface area contributed by atoms with Gasteiger partial charge in [-0.1, -0.05) is 33.4 Å². The smallest absolute Gasteiger partial charge is 0.226 e. The highest BCUT2D eigenvalue weighted by atomic mass is 32.1. The van der Waals surface area contributed by atoms with Gasteiger partial charge in [0.1, 0.15) is 16.5 Å². The average molecular weight is 392 g/mol. The summed E-state index contributed by atoms with van der Waals surface area (Å²) in [7, 11) is 0. The molecule has 3 heterocycles. The first-order chi connectivity index (χ1) is 11.6. The summed E-state index contributed by atoms with van der Waals surface area (Å²) in [4.78, 5) is 19.1. The molecule has 3 aromatic rings. The topological polar surface area (TPSA) is 43.1 Å². The lowest BCUT2D eigenvalue weighted by Crippen LogP contribution is -2.09. The van der Waals surface area contributed by atoms with Crippen molar-refractivity contribution < 1.29 is 9.21 Å². The van der Waals surface area contributed by atoms with Crippen molar-refractivity contribution in [2.45, 2.75) is 47.0 Å². The molecule has 0 aliphatic rings. The Morgan fingerprint density at radius 3 is 2.32 bits per heavy atom. The van der Waals surface area contributed by atoms with E-state index >= 15 is 0 Å². The van der Waals surface area contributed by atoms with Gasteiger partial charge in [-0.2, -0.15) is 0 Å². The van der Waals surface area contributed by atoms with Crippen molar-refractivity contribution in [3.05, 3.63) is 39.1 Å². The van der Waals surface area contributed by atoms with Gasteiger partial charge in [-0.3, -0.25) is 4.79 Å². The number of aryl methyl sites for hydroxylation is 3. The summed E-state index contributed by atoms with van der Waals surface area (Å²) in [6.07, 6.45) is 0. The lowest BCUT2D eigenvalue weighted by molar-refractivity contribution is 0.109. The predicted octanol–water partition coefficient (Wildman–Crippen LogP) is 6.42. The van der Waals surface area contributed by atoms with E-state index in [-0.39, 0.29) is 10.5 Å². The van der Waals surface area contributed by atoms with E-state index in [0.717, 1.165) is 43.1 Å². The minimum Gasteiger partial charge on any atom is -0.465 e. The van der Waals surface area contributed by atoms with Gasteiger partial charge in [0.05, 0.1) is 15.4 Å². The second-order valence-electron chi connectivity index (χ2n) is 7.15. The minimum atomic E-state index is -0.201. The lowest BCUT2D eigenvalue weighted by atomic mass is 9.93. The van der Waals surface area contributed by atoms with Crippen molar-refractivity contribution >= 4 is 40.4 Å². The maximum Gasteiger partial charge on any atom is 0.226 e. The fourth-order valence-corrected chi connectivity index (χ4v) is 4.97. The Morgan fingerprint density at radius 1 is 1.12 bits per heavy atom. The zero-order valence-corrected chi connectivity index (χ0v) is 17.7. The number of rotatable bonds is 3. The fraction of sp³-hybridized carbons (Fsp3) is 0.368. The highest BCUT2D eigenvalue weighted by Gasteiger charge is 2.24. The molecule has 3 aromatic heterocycles. The highest BCUT2D eigenvalue weighted by molar-refractivity contribution is 7.97. The summed E-state index contributed by atoms with van der Waals surface area (Å²) in [5.41, 5.74) is 3.06.